The number of imidazole rings is 1. The van der Waals surface area contributed by atoms with E-state index in [-0.39, 0.29) is 18.1 Å². The topological polar surface area (TPSA) is 58.2 Å². The van der Waals surface area contributed by atoms with Crippen LogP contribution in [-0.2, 0) is 16.0 Å². The van der Waals surface area contributed by atoms with Gasteiger partial charge in [0, 0.05) is 35.8 Å². The minimum absolute atomic E-state index is 0.0674. The fraction of sp³-hybridized carbons (Fsp3) is 0.412. The summed E-state index contributed by atoms with van der Waals surface area (Å²) in [5, 5.41) is 0.676. The molecule has 23 heavy (non-hydrogen) atoms. The largest absolute Gasteiger partial charge is 0.369 e. The molecular formula is C17H20ClN3O2. The van der Waals surface area contributed by atoms with Gasteiger partial charge in [0.1, 0.15) is 11.9 Å². The molecule has 2 heterocycles. The van der Waals surface area contributed by atoms with E-state index < -0.39 is 0 Å². The zero-order chi connectivity index (χ0) is 16.2. The molecule has 1 saturated heterocycles. The zero-order valence-electron chi connectivity index (χ0n) is 13.0. The van der Waals surface area contributed by atoms with Crippen LogP contribution in [0.3, 0.4) is 0 Å². The molecule has 6 heteroatoms. The Morgan fingerprint density at radius 3 is 3.04 bits per heavy atom. The van der Waals surface area contributed by atoms with Gasteiger partial charge in [0.15, 0.2) is 0 Å². The number of carbonyl (C=O) groups excluding carboxylic acids is 1. The lowest BCUT2D eigenvalue weighted by Crippen LogP contribution is -2.48. The lowest BCUT2D eigenvalue weighted by Gasteiger charge is -2.38. The summed E-state index contributed by atoms with van der Waals surface area (Å²) < 4.78 is 5.89. The Morgan fingerprint density at radius 1 is 1.48 bits per heavy atom. The highest BCUT2D eigenvalue weighted by Gasteiger charge is 2.31. The number of rotatable bonds is 4. The molecule has 0 aliphatic carbocycles. The van der Waals surface area contributed by atoms with Crippen LogP contribution in [0.25, 0.3) is 0 Å². The molecular weight excluding hydrogens is 314 g/mol. The van der Waals surface area contributed by atoms with Gasteiger partial charge >= 0.3 is 0 Å². The molecule has 0 radical (unpaired) electrons. The molecule has 1 aliphatic rings. The normalized spacial score (nSPS) is 21.4. The van der Waals surface area contributed by atoms with E-state index in [9.17, 15) is 4.79 Å². The van der Waals surface area contributed by atoms with Crippen LogP contribution in [0, 0.1) is 0 Å². The average Bonchev–Trinajstić information content (AvgIpc) is 3.07. The molecule has 2 aromatic rings. The van der Waals surface area contributed by atoms with Crippen LogP contribution in [0.15, 0.2) is 36.7 Å². The van der Waals surface area contributed by atoms with E-state index in [1.807, 2.05) is 36.1 Å². The minimum Gasteiger partial charge on any atom is -0.369 e. The van der Waals surface area contributed by atoms with Gasteiger partial charge in [0.2, 0.25) is 5.91 Å². The first-order valence-corrected chi connectivity index (χ1v) is 8.16. The van der Waals surface area contributed by atoms with Gasteiger partial charge in [-0.2, -0.15) is 0 Å². The number of aryl methyl sites for hydroxylation is 1. The predicted molar refractivity (Wildman–Crippen MR) is 88.2 cm³/mol. The van der Waals surface area contributed by atoms with Crippen molar-refractivity contribution in [3.63, 3.8) is 0 Å². The molecule has 1 N–H and O–H groups in total. The zero-order valence-corrected chi connectivity index (χ0v) is 13.8. The van der Waals surface area contributed by atoms with Crippen LogP contribution < -0.4 is 0 Å². The highest BCUT2D eigenvalue weighted by atomic mass is 35.5. The van der Waals surface area contributed by atoms with Crippen molar-refractivity contribution in [3.05, 3.63) is 53.1 Å². The highest BCUT2D eigenvalue weighted by molar-refractivity contribution is 6.31. The average molecular weight is 334 g/mol. The number of nitrogens with one attached hydrogen (secondary N) is 1. The fourth-order valence-corrected chi connectivity index (χ4v) is 3.09. The summed E-state index contributed by atoms with van der Waals surface area (Å²) in [4.78, 5) is 21.6. The van der Waals surface area contributed by atoms with Gasteiger partial charge in [-0.25, -0.2) is 4.98 Å². The van der Waals surface area contributed by atoms with Gasteiger partial charge < -0.3 is 14.6 Å². The Labute approximate surface area is 140 Å². The number of carbonyl (C=O) groups is 1. The van der Waals surface area contributed by atoms with Crippen molar-refractivity contribution >= 4 is 17.5 Å². The summed E-state index contributed by atoms with van der Waals surface area (Å²) in [6.45, 7) is 3.05. The Morgan fingerprint density at radius 2 is 2.30 bits per heavy atom. The van der Waals surface area contributed by atoms with Crippen LogP contribution in [0.2, 0.25) is 5.02 Å². The van der Waals surface area contributed by atoms with Crippen molar-refractivity contribution in [2.75, 3.05) is 13.2 Å². The number of amides is 1. The molecule has 3 rings (SSSR count). The van der Waals surface area contributed by atoms with Crippen LogP contribution >= 0.6 is 11.6 Å². The van der Waals surface area contributed by atoms with Gasteiger partial charge in [-0.3, -0.25) is 4.79 Å². The second-order valence-electron chi connectivity index (χ2n) is 5.77. The number of morpholine rings is 1. The minimum atomic E-state index is -0.174. The SMILES string of the molecule is CC1COC(c2ccccc2Cl)CN1C(=O)CCc1ncc[nH]1. The first-order valence-electron chi connectivity index (χ1n) is 7.79. The molecule has 0 spiro atoms. The monoisotopic (exact) mass is 333 g/mol. The van der Waals surface area contributed by atoms with E-state index in [0.29, 0.717) is 31.0 Å². The molecule has 5 nitrogen and oxygen atoms in total. The van der Waals surface area contributed by atoms with Gasteiger partial charge in [-0.05, 0) is 13.0 Å². The summed E-state index contributed by atoms with van der Waals surface area (Å²) >= 11 is 6.25. The lowest BCUT2D eigenvalue weighted by atomic mass is 10.1. The maximum Gasteiger partial charge on any atom is 0.223 e. The number of aromatic nitrogens is 2. The summed E-state index contributed by atoms with van der Waals surface area (Å²) in [5.41, 5.74) is 0.935. The molecule has 1 aromatic carbocycles. The number of H-pyrrole nitrogens is 1. The molecule has 1 aromatic heterocycles. The molecule has 2 unspecified atom stereocenters. The van der Waals surface area contributed by atoms with Crippen molar-refractivity contribution in [2.24, 2.45) is 0 Å². The van der Waals surface area contributed by atoms with Gasteiger partial charge in [-0.1, -0.05) is 29.8 Å². The van der Waals surface area contributed by atoms with E-state index in [4.69, 9.17) is 16.3 Å². The summed E-state index contributed by atoms with van der Waals surface area (Å²) in [6.07, 6.45) is 4.35. The number of hydrogen-bond acceptors (Lipinski definition) is 3. The van der Waals surface area contributed by atoms with Crippen molar-refractivity contribution < 1.29 is 9.53 Å². The maximum atomic E-state index is 12.6. The molecule has 1 aliphatic heterocycles. The number of nitrogens with zero attached hydrogens (tertiary/aromatic N) is 2. The van der Waals surface area contributed by atoms with Crippen molar-refractivity contribution in [3.8, 4) is 0 Å². The number of halogens is 1. The van der Waals surface area contributed by atoms with E-state index in [0.717, 1.165) is 11.4 Å². The second kappa shape index (κ2) is 7.15. The van der Waals surface area contributed by atoms with Crippen LogP contribution in [0.4, 0.5) is 0 Å². The maximum absolute atomic E-state index is 12.6. The molecule has 122 valence electrons. The lowest BCUT2D eigenvalue weighted by molar-refractivity contribution is -0.144. The molecule has 2 atom stereocenters. The fourth-order valence-electron chi connectivity index (χ4n) is 2.83. The standard InChI is InChI=1S/C17H20ClN3O2/c1-12-11-23-15(13-4-2-3-5-14(13)18)10-21(12)17(22)7-6-16-19-8-9-20-16/h2-5,8-9,12,15H,6-7,10-11H2,1H3,(H,19,20). The first-order chi connectivity index (χ1) is 11.1. The van der Waals surface area contributed by atoms with E-state index in [1.54, 1.807) is 12.4 Å². The summed E-state index contributed by atoms with van der Waals surface area (Å²) in [6, 6.07) is 7.70. The Kier molecular flexibility index (Phi) is 4.98. The number of aromatic amines is 1. The van der Waals surface area contributed by atoms with Gasteiger partial charge in [0.05, 0.1) is 19.2 Å². The third-order valence-corrected chi connectivity index (χ3v) is 4.48. The molecule has 1 fully saturated rings. The van der Waals surface area contributed by atoms with Crippen LogP contribution in [0.1, 0.15) is 30.8 Å². The molecule has 0 saturated carbocycles. The van der Waals surface area contributed by atoms with Crippen LogP contribution in [-0.4, -0.2) is 40.0 Å². The van der Waals surface area contributed by atoms with Crippen LogP contribution in [0.5, 0.6) is 0 Å². The Bertz CT molecular complexity index is 660. The van der Waals surface area contributed by atoms with Crippen molar-refractivity contribution in [1.82, 2.24) is 14.9 Å². The van der Waals surface area contributed by atoms with E-state index in [2.05, 4.69) is 9.97 Å². The first kappa shape index (κ1) is 16.0. The summed E-state index contributed by atoms with van der Waals surface area (Å²) in [5.74, 6) is 0.955. The van der Waals surface area contributed by atoms with E-state index in [1.165, 1.54) is 0 Å². The van der Waals surface area contributed by atoms with Crippen molar-refractivity contribution in [1.29, 1.82) is 0 Å². The smallest absolute Gasteiger partial charge is 0.223 e. The van der Waals surface area contributed by atoms with Crippen molar-refractivity contribution in [2.45, 2.75) is 31.9 Å². The third-order valence-electron chi connectivity index (χ3n) is 4.14. The van der Waals surface area contributed by atoms with E-state index >= 15 is 0 Å². The number of ether oxygens (including phenoxy) is 1. The number of hydrogen-bond donors (Lipinski definition) is 1. The summed E-state index contributed by atoms with van der Waals surface area (Å²) in [7, 11) is 0. The highest BCUT2D eigenvalue weighted by Crippen LogP contribution is 2.30. The van der Waals surface area contributed by atoms with Gasteiger partial charge in [-0.15, -0.1) is 0 Å². The number of benzene rings is 1. The Balaban J connectivity index is 1.66. The molecule has 1 amide bonds. The van der Waals surface area contributed by atoms with Gasteiger partial charge in [0.25, 0.3) is 0 Å². The Hall–Kier alpha value is -1.85. The molecule has 0 bridgehead atoms. The third kappa shape index (κ3) is 3.74. The predicted octanol–water partition coefficient (Wildman–Crippen LogP) is 2.98. The second-order valence-corrected chi connectivity index (χ2v) is 6.18. The quantitative estimate of drug-likeness (QED) is 0.935.